The molecule has 0 N–H and O–H groups in total. The second kappa shape index (κ2) is 6.07. The van der Waals surface area contributed by atoms with Gasteiger partial charge in [0.2, 0.25) is 5.63 Å². The molecule has 1 aromatic carbocycles. The van der Waals surface area contributed by atoms with Gasteiger partial charge in [-0.2, -0.15) is 0 Å². The van der Waals surface area contributed by atoms with Gasteiger partial charge in [-0.15, -0.1) is 6.07 Å². The molecule has 0 fully saturated rings. The van der Waals surface area contributed by atoms with Crippen molar-refractivity contribution < 1.29 is 41.9 Å². The Kier molecular flexibility index (Phi) is 5.76. The van der Waals surface area contributed by atoms with E-state index in [1.807, 2.05) is 19.1 Å². The summed E-state index contributed by atoms with van der Waals surface area (Å²) in [5.41, 5.74) is 0.822. The SMILES string of the molecule is Cc1ccc2oc(=O)c([C-]=O)cc2c1.[CH3-].[Y+3]. The average molecular weight is 291 g/mol. The van der Waals surface area contributed by atoms with E-state index in [-0.39, 0.29) is 45.7 Å². The van der Waals surface area contributed by atoms with Gasteiger partial charge in [-0.3, -0.25) is 0 Å². The summed E-state index contributed by atoms with van der Waals surface area (Å²) in [7, 11) is 0. The second-order valence-corrected chi connectivity index (χ2v) is 3.09. The molecule has 0 saturated heterocycles. The van der Waals surface area contributed by atoms with Crippen molar-refractivity contribution in [1.29, 1.82) is 0 Å². The van der Waals surface area contributed by atoms with Crippen molar-refractivity contribution in [3.8, 4) is 0 Å². The van der Waals surface area contributed by atoms with Crippen LogP contribution in [0.3, 0.4) is 0 Å². The Morgan fingerprint density at radius 1 is 1.25 bits per heavy atom. The summed E-state index contributed by atoms with van der Waals surface area (Å²) in [6.07, 6.45) is 1.55. The van der Waals surface area contributed by atoms with E-state index in [4.69, 9.17) is 4.42 Å². The van der Waals surface area contributed by atoms with Crippen LogP contribution < -0.4 is 5.63 Å². The van der Waals surface area contributed by atoms with Gasteiger partial charge in [-0.25, -0.2) is 0 Å². The molecule has 0 saturated carbocycles. The summed E-state index contributed by atoms with van der Waals surface area (Å²) in [5.74, 6) is 0. The maximum atomic E-state index is 11.1. The zero-order valence-corrected chi connectivity index (χ0v) is 11.9. The van der Waals surface area contributed by atoms with Crippen molar-refractivity contribution in [2.75, 3.05) is 0 Å². The van der Waals surface area contributed by atoms with E-state index in [9.17, 15) is 9.59 Å². The second-order valence-electron chi connectivity index (χ2n) is 3.09. The summed E-state index contributed by atoms with van der Waals surface area (Å²) >= 11 is 0. The van der Waals surface area contributed by atoms with Crippen LogP contribution in [-0.2, 0) is 37.5 Å². The van der Waals surface area contributed by atoms with Gasteiger partial charge in [-0.1, -0.05) is 23.3 Å². The molecule has 0 aliphatic rings. The predicted octanol–water partition coefficient (Wildman–Crippen LogP) is 2.01. The fourth-order valence-electron chi connectivity index (χ4n) is 1.31. The molecule has 0 aliphatic carbocycles. The number of hydrogen-bond acceptors (Lipinski definition) is 3. The average Bonchev–Trinajstić information content (AvgIpc) is 2.17. The van der Waals surface area contributed by atoms with E-state index in [2.05, 4.69) is 0 Å². The van der Waals surface area contributed by atoms with Crippen molar-refractivity contribution in [2.24, 2.45) is 0 Å². The van der Waals surface area contributed by atoms with E-state index in [1.54, 1.807) is 12.4 Å². The Morgan fingerprint density at radius 3 is 2.56 bits per heavy atom. The van der Waals surface area contributed by atoms with Crippen LogP contribution >= 0.6 is 0 Å². The number of fused-ring (bicyclic) bond motifs is 1. The zero-order chi connectivity index (χ0) is 10.1. The molecule has 0 unspecified atom stereocenters. The molecule has 1 aromatic heterocycles. The van der Waals surface area contributed by atoms with Crippen LogP contribution in [0.25, 0.3) is 11.0 Å². The molecule has 4 heteroatoms. The minimum atomic E-state index is -0.642. The summed E-state index contributed by atoms with van der Waals surface area (Å²) in [6, 6.07) is 6.89. The first-order chi connectivity index (χ1) is 6.70. The van der Waals surface area contributed by atoms with E-state index >= 15 is 0 Å². The molecule has 0 spiro atoms. The normalized spacial score (nSPS) is 9.06. The van der Waals surface area contributed by atoms with Crippen molar-refractivity contribution in [2.45, 2.75) is 6.92 Å². The number of aryl methyl sites for hydroxylation is 1. The Labute approximate surface area is 119 Å². The first-order valence-corrected chi connectivity index (χ1v) is 4.13. The molecule has 2 rings (SSSR count). The van der Waals surface area contributed by atoms with Gasteiger partial charge in [0.05, 0.1) is 6.29 Å². The number of hydrogen-bond donors (Lipinski definition) is 0. The van der Waals surface area contributed by atoms with Crippen LogP contribution in [0.2, 0.25) is 0 Å². The van der Waals surface area contributed by atoms with Gasteiger partial charge in [0.15, 0.2) is 0 Å². The fraction of sp³-hybridized carbons (Fsp3) is 0.0833. The van der Waals surface area contributed by atoms with Crippen LogP contribution in [-0.4, -0.2) is 6.29 Å². The van der Waals surface area contributed by atoms with Crippen LogP contribution in [0.15, 0.2) is 33.5 Å². The Bertz CT molecular complexity index is 558. The van der Waals surface area contributed by atoms with Crippen LogP contribution in [0.5, 0.6) is 0 Å². The summed E-state index contributed by atoms with van der Waals surface area (Å²) in [4.78, 5) is 21.5. The van der Waals surface area contributed by atoms with Crippen LogP contribution in [0, 0.1) is 14.4 Å². The van der Waals surface area contributed by atoms with E-state index < -0.39 is 5.63 Å². The van der Waals surface area contributed by atoms with Crippen molar-refractivity contribution >= 4 is 17.3 Å². The number of carbonyl (C=O) groups excluding carboxylic acids is 1. The maximum Gasteiger partial charge on any atom is 3.00 e. The molecule has 16 heavy (non-hydrogen) atoms. The molecule has 0 bridgehead atoms. The van der Waals surface area contributed by atoms with E-state index in [0.29, 0.717) is 5.58 Å². The largest absolute Gasteiger partial charge is 3.00 e. The molecule has 78 valence electrons. The minimum absolute atomic E-state index is 0. The third-order valence-electron chi connectivity index (χ3n) is 2.00. The zero-order valence-electron chi connectivity index (χ0n) is 9.11. The standard InChI is InChI=1S/C11H7O3.CH3.Y/c1-7-2-3-10-8(4-7)5-9(6-12)11(13)14-10;;/h2-5H,1H3;1H3;/q2*-1;+3. The van der Waals surface area contributed by atoms with Crippen molar-refractivity contribution in [3.63, 3.8) is 0 Å². The van der Waals surface area contributed by atoms with Crippen LogP contribution in [0.1, 0.15) is 11.1 Å². The first-order valence-electron chi connectivity index (χ1n) is 4.13. The van der Waals surface area contributed by atoms with Crippen LogP contribution in [0.4, 0.5) is 0 Å². The molecule has 0 aliphatic heterocycles. The van der Waals surface area contributed by atoms with Gasteiger partial charge in [0, 0.05) is 0 Å². The van der Waals surface area contributed by atoms with Gasteiger partial charge in [-0.05, 0) is 18.4 Å². The fourth-order valence-corrected chi connectivity index (χ4v) is 1.31. The molecule has 0 radical (unpaired) electrons. The molecular weight excluding hydrogens is 281 g/mol. The third kappa shape index (κ3) is 2.86. The maximum absolute atomic E-state index is 11.1. The summed E-state index contributed by atoms with van der Waals surface area (Å²) in [6.45, 7) is 1.93. The Balaban J connectivity index is 0.00000112. The molecular formula is C12H10O3Y+. The third-order valence-corrected chi connectivity index (χ3v) is 2.00. The minimum Gasteiger partial charge on any atom is -0.483 e. The topological polar surface area (TPSA) is 47.3 Å². The van der Waals surface area contributed by atoms with E-state index in [0.717, 1.165) is 10.9 Å². The Hall–Kier alpha value is -0.796. The first kappa shape index (κ1) is 15.2. The van der Waals surface area contributed by atoms with Gasteiger partial charge >= 0.3 is 32.7 Å². The van der Waals surface area contributed by atoms with E-state index in [1.165, 1.54) is 6.07 Å². The number of rotatable bonds is 1. The molecule has 0 atom stereocenters. The summed E-state index contributed by atoms with van der Waals surface area (Å²) < 4.78 is 4.92. The van der Waals surface area contributed by atoms with Gasteiger partial charge in [0.25, 0.3) is 0 Å². The predicted molar refractivity (Wildman–Crippen MR) is 58.4 cm³/mol. The molecule has 0 amide bonds. The molecule has 2 aromatic rings. The van der Waals surface area contributed by atoms with Crippen molar-refractivity contribution in [1.82, 2.24) is 0 Å². The quantitative estimate of drug-likeness (QED) is 0.596. The molecule has 1 heterocycles. The Morgan fingerprint density at radius 2 is 1.94 bits per heavy atom. The smallest absolute Gasteiger partial charge is 0.483 e. The number of benzene rings is 1. The summed E-state index contributed by atoms with van der Waals surface area (Å²) in [5, 5.41) is 0.739. The molecule has 3 nitrogen and oxygen atoms in total. The van der Waals surface area contributed by atoms with Gasteiger partial charge in [0.1, 0.15) is 5.58 Å². The van der Waals surface area contributed by atoms with Gasteiger partial charge < -0.3 is 21.4 Å². The van der Waals surface area contributed by atoms with Crippen molar-refractivity contribution in [3.05, 3.63) is 53.2 Å². The monoisotopic (exact) mass is 291 g/mol.